The molecule has 0 N–H and O–H groups in total. The molecule has 2 fully saturated rings. The number of amides is 2. The molecule has 8 heteroatoms. The Balaban J connectivity index is 1.44. The van der Waals surface area contributed by atoms with Gasteiger partial charge in [0, 0.05) is 38.2 Å². The van der Waals surface area contributed by atoms with Crippen LogP contribution in [0.5, 0.6) is 0 Å². The molecule has 1 saturated carbocycles. The van der Waals surface area contributed by atoms with Crippen LogP contribution in [0.1, 0.15) is 18.4 Å². The second kappa shape index (κ2) is 5.70. The van der Waals surface area contributed by atoms with E-state index >= 15 is 0 Å². The summed E-state index contributed by atoms with van der Waals surface area (Å²) in [5, 5.41) is 13.3. The van der Waals surface area contributed by atoms with Crippen molar-refractivity contribution >= 4 is 11.8 Å². The Kier molecular flexibility index (Phi) is 3.50. The molecule has 0 aromatic carbocycles. The summed E-state index contributed by atoms with van der Waals surface area (Å²) in [6.07, 6.45) is 6.46. The van der Waals surface area contributed by atoms with Crippen LogP contribution < -0.4 is 0 Å². The molecule has 3 heterocycles. The van der Waals surface area contributed by atoms with E-state index in [1.807, 2.05) is 18.2 Å². The first kappa shape index (κ1) is 15.3. The predicted octanol–water partition coefficient (Wildman–Crippen LogP) is 0.494. The molecule has 126 valence electrons. The maximum Gasteiger partial charge on any atom is 0.313 e. The van der Waals surface area contributed by atoms with E-state index in [1.165, 1.54) is 9.80 Å². The maximum absolute atomic E-state index is 12.4. The molecule has 0 atom stereocenters. The molecule has 2 amide bonds. The minimum Gasteiger partial charge on any atom is -0.328 e. The highest BCUT2D eigenvalue weighted by Crippen LogP contribution is 2.41. The fraction of sp³-hybridized carbons (Fsp3) is 0.353. The van der Waals surface area contributed by atoms with Crippen LogP contribution in [0.2, 0.25) is 0 Å². The SMILES string of the molecule is N#CC1(N2CCN(Cc3ccc(-n4cccn4)nc3)C(=O)C2=O)CC1. The van der Waals surface area contributed by atoms with Gasteiger partial charge in [0.05, 0.1) is 6.07 Å². The number of nitriles is 1. The van der Waals surface area contributed by atoms with Gasteiger partial charge in [0.1, 0.15) is 5.54 Å². The largest absolute Gasteiger partial charge is 0.328 e. The molecule has 0 spiro atoms. The number of rotatable bonds is 4. The zero-order valence-electron chi connectivity index (χ0n) is 13.5. The summed E-state index contributed by atoms with van der Waals surface area (Å²) in [7, 11) is 0. The molecule has 0 unspecified atom stereocenters. The van der Waals surface area contributed by atoms with Gasteiger partial charge in [-0.15, -0.1) is 0 Å². The van der Waals surface area contributed by atoms with Gasteiger partial charge in [0.2, 0.25) is 0 Å². The average Bonchev–Trinajstić information content (AvgIpc) is 3.23. The summed E-state index contributed by atoms with van der Waals surface area (Å²) >= 11 is 0. The summed E-state index contributed by atoms with van der Waals surface area (Å²) in [6.45, 7) is 1.15. The summed E-state index contributed by atoms with van der Waals surface area (Å²) in [5.41, 5.74) is 0.0955. The van der Waals surface area contributed by atoms with E-state index in [0.717, 1.165) is 5.56 Å². The molecular formula is C17H16N6O2. The van der Waals surface area contributed by atoms with Crippen LogP contribution in [0.3, 0.4) is 0 Å². The van der Waals surface area contributed by atoms with Crippen LogP contribution in [-0.2, 0) is 16.1 Å². The number of carbonyl (C=O) groups is 2. The molecule has 1 aliphatic heterocycles. The summed E-state index contributed by atoms with van der Waals surface area (Å²) in [6, 6.07) is 7.67. The van der Waals surface area contributed by atoms with Crippen molar-refractivity contribution in [3.63, 3.8) is 0 Å². The van der Waals surface area contributed by atoms with Crippen molar-refractivity contribution in [3.05, 3.63) is 42.4 Å². The van der Waals surface area contributed by atoms with Gasteiger partial charge in [-0.05, 0) is 30.5 Å². The highest BCUT2D eigenvalue weighted by atomic mass is 16.2. The fourth-order valence-corrected chi connectivity index (χ4v) is 3.06. The summed E-state index contributed by atoms with van der Waals surface area (Å²) in [5.74, 6) is -0.444. The molecular weight excluding hydrogens is 320 g/mol. The third-order valence-electron chi connectivity index (χ3n) is 4.68. The lowest BCUT2D eigenvalue weighted by Crippen LogP contribution is -2.57. The lowest BCUT2D eigenvalue weighted by Gasteiger charge is -2.36. The average molecular weight is 336 g/mol. The van der Waals surface area contributed by atoms with Crippen LogP contribution in [0.25, 0.3) is 5.82 Å². The minimum atomic E-state index is -0.744. The Morgan fingerprint density at radius 3 is 2.64 bits per heavy atom. The number of hydrogen-bond acceptors (Lipinski definition) is 5. The number of carbonyl (C=O) groups excluding carboxylic acids is 2. The summed E-state index contributed by atoms with van der Waals surface area (Å²) in [4.78, 5) is 32.0. The maximum atomic E-state index is 12.4. The number of nitrogens with zero attached hydrogens (tertiary/aromatic N) is 6. The lowest BCUT2D eigenvalue weighted by atomic mass is 10.1. The van der Waals surface area contributed by atoms with Crippen molar-refractivity contribution in [1.29, 1.82) is 5.26 Å². The van der Waals surface area contributed by atoms with Crippen molar-refractivity contribution in [3.8, 4) is 11.9 Å². The van der Waals surface area contributed by atoms with Gasteiger partial charge >= 0.3 is 11.8 Å². The van der Waals surface area contributed by atoms with Crippen LogP contribution in [0, 0.1) is 11.3 Å². The third-order valence-corrected chi connectivity index (χ3v) is 4.68. The first-order chi connectivity index (χ1) is 12.1. The molecule has 2 aliphatic rings. The Hall–Kier alpha value is -3.21. The smallest absolute Gasteiger partial charge is 0.313 e. The van der Waals surface area contributed by atoms with Gasteiger partial charge < -0.3 is 9.80 Å². The van der Waals surface area contributed by atoms with Gasteiger partial charge in [-0.1, -0.05) is 6.07 Å². The first-order valence-corrected chi connectivity index (χ1v) is 8.10. The summed E-state index contributed by atoms with van der Waals surface area (Å²) < 4.78 is 1.65. The Morgan fingerprint density at radius 1 is 1.20 bits per heavy atom. The normalized spacial score (nSPS) is 19.0. The zero-order chi connectivity index (χ0) is 17.4. The van der Waals surface area contributed by atoms with Crippen molar-refractivity contribution in [2.45, 2.75) is 24.9 Å². The fourth-order valence-electron chi connectivity index (χ4n) is 3.06. The molecule has 0 bridgehead atoms. The van der Waals surface area contributed by atoms with E-state index in [2.05, 4.69) is 16.2 Å². The quantitative estimate of drug-likeness (QED) is 0.758. The highest BCUT2D eigenvalue weighted by molar-refractivity contribution is 6.35. The van der Waals surface area contributed by atoms with Crippen LogP contribution in [0.4, 0.5) is 0 Å². The predicted molar refractivity (Wildman–Crippen MR) is 86.1 cm³/mol. The Morgan fingerprint density at radius 2 is 2.04 bits per heavy atom. The third kappa shape index (κ3) is 2.63. The Labute approximate surface area is 144 Å². The van der Waals surface area contributed by atoms with E-state index < -0.39 is 17.4 Å². The number of aromatic nitrogens is 3. The number of pyridine rings is 1. The van der Waals surface area contributed by atoms with Gasteiger partial charge in [-0.3, -0.25) is 9.59 Å². The second-order valence-corrected chi connectivity index (χ2v) is 6.30. The van der Waals surface area contributed by atoms with E-state index in [4.69, 9.17) is 0 Å². The van der Waals surface area contributed by atoms with Crippen LogP contribution in [0.15, 0.2) is 36.8 Å². The van der Waals surface area contributed by atoms with E-state index in [1.54, 1.807) is 23.3 Å². The monoisotopic (exact) mass is 336 g/mol. The molecule has 1 aliphatic carbocycles. The van der Waals surface area contributed by atoms with Crippen LogP contribution >= 0.6 is 0 Å². The molecule has 25 heavy (non-hydrogen) atoms. The minimum absolute atomic E-state index is 0.324. The molecule has 2 aromatic rings. The molecule has 4 rings (SSSR count). The molecule has 2 aromatic heterocycles. The molecule has 0 radical (unpaired) electrons. The zero-order valence-corrected chi connectivity index (χ0v) is 13.5. The Bertz CT molecular complexity index is 848. The molecule has 1 saturated heterocycles. The van der Waals surface area contributed by atoms with Gasteiger partial charge in [0.15, 0.2) is 5.82 Å². The standard InChI is InChI=1S/C17H16N6O2/c18-12-17(4-5-17)22-9-8-21(15(24)16(22)25)11-13-2-3-14(19-10-13)23-7-1-6-20-23/h1-3,6-7,10H,4-5,8-9,11H2. The van der Waals surface area contributed by atoms with Crippen molar-refractivity contribution < 1.29 is 9.59 Å². The van der Waals surface area contributed by atoms with Crippen molar-refractivity contribution in [1.82, 2.24) is 24.6 Å². The second-order valence-electron chi connectivity index (χ2n) is 6.30. The van der Waals surface area contributed by atoms with E-state index in [9.17, 15) is 14.9 Å². The van der Waals surface area contributed by atoms with Gasteiger partial charge in [-0.25, -0.2) is 9.67 Å². The lowest BCUT2D eigenvalue weighted by molar-refractivity contribution is -0.158. The van der Waals surface area contributed by atoms with E-state index in [-0.39, 0.29) is 0 Å². The topological polar surface area (TPSA) is 95.1 Å². The number of hydrogen-bond donors (Lipinski definition) is 0. The first-order valence-electron chi connectivity index (χ1n) is 8.10. The number of piperazine rings is 1. The van der Waals surface area contributed by atoms with Crippen molar-refractivity contribution in [2.24, 2.45) is 0 Å². The highest BCUT2D eigenvalue weighted by Gasteiger charge is 2.53. The van der Waals surface area contributed by atoms with Gasteiger partial charge in [-0.2, -0.15) is 10.4 Å². The van der Waals surface area contributed by atoms with E-state index in [0.29, 0.717) is 38.3 Å². The molecule has 8 nitrogen and oxygen atoms in total. The van der Waals surface area contributed by atoms with Crippen LogP contribution in [-0.4, -0.2) is 55.0 Å². The van der Waals surface area contributed by atoms with Crippen molar-refractivity contribution in [2.75, 3.05) is 13.1 Å². The van der Waals surface area contributed by atoms with Gasteiger partial charge in [0.25, 0.3) is 0 Å².